The van der Waals surface area contributed by atoms with E-state index < -0.39 is 42.0 Å². The number of carbonyl (C=O) groups excluding carboxylic acids is 4. The number of hydrogen-bond donors (Lipinski definition) is 10. The van der Waals surface area contributed by atoms with E-state index >= 15 is 0 Å². The van der Waals surface area contributed by atoms with Crippen LogP contribution >= 0.6 is 0 Å². The highest BCUT2D eigenvalue weighted by molar-refractivity contribution is 5.93. The highest BCUT2D eigenvalue weighted by atomic mass is 16.3. The molecule has 1 aliphatic heterocycles. The quantitative estimate of drug-likeness (QED) is 0.122. The van der Waals surface area contributed by atoms with Crippen molar-refractivity contribution in [1.29, 1.82) is 0 Å². The van der Waals surface area contributed by atoms with Gasteiger partial charge in [0, 0.05) is 51.4 Å². The van der Waals surface area contributed by atoms with Crippen LogP contribution in [0.1, 0.15) is 36.8 Å². The second-order valence-electron chi connectivity index (χ2n) is 11.3. The maximum Gasteiger partial charge on any atom is 0.243 e. The molecule has 14 nitrogen and oxygen atoms in total. The van der Waals surface area contributed by atoms with Gasteiger partial charge in [-0.1, -0.05) is 30.3 Å². The minimum atomic E-state index is -1.26. The van der Waals surface area contributed by atoms with Crippen LogP contribution in [0.3, 0.4) is 0 Å². The zero-order valence-electron chi connectivity index (χ0n) is 25.3. The lowest BCUT2D eigenvalue weighted by atomic mass is 9.96. The van der Waals surface area contributed by atoms with Crippen LogP contribution in [0.2, 0.25) is 0 Å². The van der Waals surface area contributed by atoms with Crippen molar-refractivity contribution in [2.24, 2.45) is 22.9 Å². The molecule has 14 heteroatoms. The Morgan fingerprint density at radius 1 is 1.00 bits per heavy atom. The van der Waals surface area contributed by atoms with Gasteiger partial charge in [0.05, 0.1) is 12.1 Å². The van der Waals surface area contributed by atoms with Crippen LogP contribution in [0.25, 0.3) is 11.1 Å². The lowest BCUT2D eigenvalue weighted by Crippen LogP contribution is -2.57. The molecule has 2 aromatic carbocycles. The molecular weight excluding hydrogens is 580 g/mol. The average molecular weight is 627 g/mol. The SMILES string of the molecule is NCCC[C@H](N)CNC(=O)CCNC(=O)[C@@H]1Cc2cccc(c2)-c2ccc(O)c(c2)C[C@H](N)C(=O)N[C@@H](C[C@@H](O)CN)C(=O)N1. The zero-order valence-corrected chi connectivity index (χ0v) is 25.3. The van der Waals surface area contributed by atoms with Crippen LogP contribution in [-0.2, 0) is 32.0 Å². The minimum absolute atomic E-state index is 0.00600. The van der Waals surface area contributed by atoms with E-state index in [1.165, 1.54) is 6.07 Å². The molecule has 0 unspecified atom stereocenters. The Balaban J connectivity index is 1.84. The van der Waals surface area contributed by atoms with Gasteiger partial charge in [0.25, 0.3) is 0 Å². The normalized spacial score (nSPS) is 20.1. The summed E-state index contributed by atoms with van der Waals surface area (Å²) in [6.07, 6.45) is 0.148. The number of aromatic hydroxyl groups is 1. The molecule has 0 saturated heterocycles. The molecule has 0 radical (unpaired) electrons. The summed E-state index contributed by atoms with van der Waals surface area (Å²) < 4.78 is 0. The molecule has 3 rings (SSSR count). The number of nitrogens with two attached hydrogens (primary N) is 4. The molecule has 45 heavy (non-hydrogen) atoms. The van der Waals surface area contributed by atoms with Crippen LogP contribution in [0, 0.1) is 0 Å². The van der Waals surface area contributed by atoms with E-state index in [9.17, 15) is 29.4 Å². The molecular formula is C31H46N8O6. The Morgan fingerprint density at radius 2 is 1.76 bits per heavy atom. The Bertz CT molecular complexity index is 1320. The Labute approximate surface area is 262 Å². The summed E-state index contributed by atoms with van der Waals surface area (Å²) in [5.74, 6) is -2.27. The molecule has 1 aliphatic rings. The molecule has 4 bridgehead atoms. The van der Waals surface area contributed by atoms with Crippen molar-refractivity contribution in [3.63, 3.8) is 0 Å². The molecule has 0 saturated carbocycles. The lowest BCUT2D eigenvalue weighted by Gasteiger charge is -2.25. The molecule has 0 spiro atoms. The van der Waals surface area contributed by atoms with Gasteiger partial charge in [-0.25, -0.2) is 0 Å². The predicted octanol–water partition coefficient (Wildman–Crippen LogP) is -2.15. The van der Waals surface area contributed by atoms with E-state index in [4.69, 9.17) is 22.9 Å². The fourth-order valence-electron chi connectivity index (χ4n) is 4.97. The van der Waals surface area contributed by atoms with Crippen molar-refractivity contribution in [2.45, 2.75) is 68.8 Å². The predicted molar refractivity (Wildman–Crippen MR) is 169 cm³/mol. The van der Waals surface area contributed by atoms with Crippen LogP contribution in [0.4, 0.5) is 0 Å². The fourth-order valence-corrected chi connectivity index (χ4v) is 4.97. The molecule has 1 heterocycles. The van der Waals surface area contributed by atoms with Gasteiger partial charge < -0.3 is 54.4 Å². The average Bonchev–Trinajstić information content (AvgIpc) is 3.02. The first-order valence-corrected chi connectivity index (χ1v) is 15.2. The summed E-state index contributed by atoms with van der Waals surface area (Å²) in [5, 5.41) is 31.4. The maximum atomic E-state index is 13.5. The largest absolute Gasteiger partial charge is 0.508 e. The van der Waals surface area contributed by atoms with Gasteiger partial charge in [0.1, 0.15) is 17.8 Å². The molecule has 246 valence electrons. The standard InChI is InChI=1S/C31H46N8O6/c32-9-2-5-22(34)17-37-28(42)8-10-36-30(44)25-12-18-3-1-4-19(11-18)20-6-7-27(41)21(13-20)14-24(35)29(43)38-26(31(45)39-25)15-23(40)16-33/h1,3-4,6-7,11,13,22-26,40-41H,2,5,8-10,12,14-17,32-35H2,(H,36,44)(H,37,42)(H,38,43)(H,39,45)/t22-,23+,24-,25-,26-/m0/s1. The second kappa shape index (κ2) is 17.4. The lowest BCUT2D eigenvalue weighted by molar-refractivity contribution is -0.133. The van der Waals surface area contributed by atoms with Gasteiger partial charge in [-0.2, -0.15) is 0 Å². The van der Waals surface area contributed by atoms with Gasteiger partial charge in [-0.15, -0.1) is 0 Å². The van der Waals surface area contributed by atoms with Crippen molar-refractivity contribution in [3.8, 4) is 16.9 Å². The summed E-state index contributed by atoms with van der Waals surface area (Å²) in [6, 6.07) is 8.63. The van der Waals surface area contributed by atoms with Crippen LogP contribution in [0.5, 0.6) is 5.75 Å². The Morgan fingerprint density at radius 3 is 2.49 bits per heavy atom. The van der Waals surface area contributed by atoms with Gasteiger partial charge in [-0.05, 0) is 53.8 Å². The first-order valence-electron chi connectivity index (χ1n) is 15.2. The number of nitrogens with one attached hydrogen (secondary N) is 4. The number of fused-ring (bicyclic) bond motifs is 5. The van der Waals surface area contributed by atoms with Gasteiger partial charge in [0.2, 0.25) is 23.6 Å². The Kier molecular flexibility index (Phi) is 13.7. The minimum Gasteiger partial charge on any atom is -0.508 e. The van der Waals surface area contributed by atoms with Crippen LogP contribution in [-0.4, -0.2) is 90.3 Å². The first-order chi connectivity index (χ1) is 21.5. The summed E-state index contributed by atoms with van der Waals surface area (Å²) in [5.41, 5.74) is 25.9. The number of benzene rings is 2. The summed E-state index contributed by atoms with van der Waals surface area (Å²) in [6.45, 7) is 0.646. The molecule has 5 atom stereocenters. The summed E-state index contributed by atoms with van der Waals surface area (Å²) in [7, 11) is 0. The van der Waals surface area contributed by atoms with Gasteiger partial charge >= 0.3 is 0 Å². The third-order valence-corrected chi connectivity index (χ3v) is 7.59. The summed E-state index contributed by atoms with van der Waals surface area (Å²) >= 11 is 0. The van der Waals surface area contributed by atoms with Crippen molar-refractivity contribution in [2.75, 3.05) is 26.2 Å². The van der Waals surface area contributed by atoms with E-state index in [-0.39, 0.29) is 63.0 Å². The third kappa shape index (κ3) is 11.1. The number of aliphatic hydroxyl groups is 1. The second-order valence-corrected chi connectivity index (χ2v) is 11.3. The first kappa shape index (κ1) is 35.4. The third-order valence-electron chi connectivity index (χ3n) is 7.59. The van der Waals surface area contributed by atoms with E-state index in [2.05, 4.69) is 21.3 Å². The van der Waals surface area contributed by atoms with Crippen molar-refractivity contribution in [1.82, 2.24) is 21.3 Å². The monoisotopic (exact) mass is 626 g/mol. The number of phenols is 1. The van der Waals surface area contributed by atoms with E-state index in [1.807, 2.05) is 24.3 Å². The number of hydrogen-bond acceptors (Lipinski definition) is 10. The molecule has 0 aromatic heterocycles. The number of aliphatic hydroxyl groups excluding tert-OH is 1. The highest BCUT2D eigenvalue weighted by Gasteiger charge is 2.30. The number of carbonyl (C=O) groups is 4. The molecule has 0 aliphatic carbocycles. The van der Waals surface area contributed by atoms with E-state index in [0.717, 1.165) is 23.1 Å². The van der Waals surface area contributed by atoms with E-state index in [0.29, 0.717) is 18.5 Å². The Hall–Kier alpha value is -4.08. The van der Waals surface area contributed by atoms with E-state index in [1.54, 1.807) is 12.1 Å². The van der Waals surface area contributed by atoms with Gasteiger partial charge in [-0.3, -0.25) is 19.2 Å². The molecule has 14 N–H and O–H groups in total. The van der Waals surface area contributed by atoms with Gasteiger partial charge in [0.15, 0.2) is 0 Å². The van der Waals surface area contributed by atoms with Crippen LogP contribution < -0.4 is 44.2 Å². The maximum absolute atomic E-state index is 13.5. The van der Waals surface area contributed by atoms with Crippen molar-refractivity contribution >= 4 is 23.6 Å². The molecule has 4 amide bonds. The molecule has 0 fully saturated rings. The summed E-state index contributed by atoms with van der Waals surface area (Å²) in [4.78, 5) is 52.2. The van der Waals surface area contributed by atoms with Crippen molar-refractivity contribution < 1.29 is 29.4 Å². The smallest absolute Gasteiger partial charge is 0.243 e. The highest BCUT2D eigenvalue weighted by Crippen LogP contribution is 2.28. The fraction of sp³-hybridized carbons (Fsp3) is 0.484. The van der Waals surface area contributed by atoms with Crippen LogP contribution in [0.15, 0.2) is 42.5 Å². The topological polar surface area (TPSA) is 261 Å². The number of amides is 4. The number of rotatable bonds is 12. The molecule has 2 aromatic rings. The van der Waals surface area contributed by atoms with Crippen molar-refractivity contribution in [3.05, 3.63) is 53.6 Å². The number of phenolic OH excluding ortho intramolecular Hbond substituents is 1. The zero-order chi connectivity index (χ0) is 32.9.